The first kappa shape index (κ1) is 50.5. The zero-order chi connectivity index (χ0) is 49.5. The molecule has 0 aromatic heterocycles. The van der Waals surface area contributed by atoms with Crippen molar-refractivity contribution in [2.45, 2.75) is 212 Å². The number of nitrogens with one attached hydrogen (secondary N) is 2. The Bertz CT molecular complexity index is 2310. The van der Waals surface area contributed by atoms with Gasteiger partial charge in [0.1, 0.15) is 17.6 Å². The number of ketones is 2. The molecule has 9 nitrogen and oxygen atoms in total. The smallest absolute Gasteiger partial charge is 0.160 e. The van der Waals surface area contributed by atoms with Gasteiger partial charge in [0.2, 0.25) is 0 Å². The number of ether oxygens (including phenoxy) is 1. The number of nitrogens with two attached hydrogens (primary N) is 1. The summed E-state index contributed by atoms with van der Waals surface area (Å²) in [5.74, 6) is 2.13. The molecule has 0 bridgehead atoms. The summed E-state index contributed by atoms with van der Waals surface area (Å²) in [6, 6.07) is 14.2. The van der Waals surface area contributed by atoms with Gasteiger partial charge in [-0.15, -0.1) is 0 Å². The normalized spacial score (nSPS) is 39.0. The van der Waals surface area contributed by atoms with Crippen molar-refractivity contribution in [3.63, 3.8) is 0 Å². The second kappa shape index (κ2) is 19.0. The molecule has 1 saturated heterocycles. The van der Waals surface area contributed by atoms with Crippen LogP contribution in [0.15, 0.2) is 53.6 Å². The van der Waals surface area contributed by atoms with Crippen LogP contribution in [0.5, 0.6) is 5.75 Å². The van der Waals surface area contributed by atoms with Gasteiger partial charge in [0, 0.05) is 48.0 Å². The van der Waals surface area contributed by atoms with E-state index in [1.54, 1.807) is 0 Å². The van der Waals surface area contributed by atoms with Crippen LogP contribution < -0.4 is 16.4 Å². The number of anilines is 1. The van der Waals surface area contributed by atoms with Crippen LogP contribution in [0.25, 0.3) is 0 Å². The van der Waals surface area contributed by atoms with Crippen molar-refractivity contribution in [3.05, 3.63) is 70.3 Å². The molecule has 7 aliphatic carbocycles. The van der Waals surface area contributed by atoms with Crippen LogP contribution in [-0.2, 0) is 20.9 Å². The molecule has 8 aliphatic rings. The summed E-state index contributed by atoms with van der Waals surface area (Å²) in [5.41, 5.74) is 10.7. The molecule has 1 heterocycles. The molecule has 7 N–H and O–H groups in total. The topological polar surface area (TPSA) is 157 Å². The summed E-state index contributed by atoms with van der Waals surface area (Å²) in [6.45, 7) is 14.6. The van der Waals surface area contributed by atoms with Gasteiger partial charge in [-0.1, -0.05) is 96.4 Å². The van der Waals surface area contributed by atoms with Gasteiger partial charge >= 0.3 is 0 Å². The number of hydrogen-bond donors (Lipinski definition) is 6. The van der Waals surface area contributed by atoms with E-state index in [0.29, 0.717) is 55.4 Å². The minimum Gasteiger partial charge on any atom is -0.508 e. The monoisotopic (exact) mass is 960 g/mol. The average molecular weight is 960 g/mol. The van der Waals surface area contributed by atoms with Crippen molar-refractivity contribution in [2.24, 2.45) is 57.2 Å². The quantitative estimate of drug-likeness (QED) is 0.0801. The molecule has 0 spiro atoms. The maximum Gasteiger partial charge on any atom is 0.160 e. The molecule has 14 unspecified atom stereocenters. The van der Waals surface area contributed by atoms with Gasteiger partial charge in [0.25, 0.3) is 0 Å². The minimum atomic E-state index is -0.686. The fourth-order valence-electron chi connectivity index (χ4n) is 18.9. The molecule has 2 aromatic carbocycles. The van der Waals surface area contributed by atoms with Crippen molar-refractivity contribution in [1.29, 1.82) is 0 Å². The summed E-state index contributed by atoms with van der Waals surface area (Å²) >= 11 is 0. The van der Waals surface area contributed by atoms with Crippen LogP contribution in [-0.4, -0.2) is 70.4 Å². The molecule has 70 heavy (non-hydrogen) atoms. The highest BCUT2D eigenvalue weighted by molar-refractivity contribution is 6.01. The molecule has 0 amide bonds. The number of aliphatic hydroxyl groups excluding tert-OH is 2. The highest BCUT2D eigenvalue weighted by Gasteiger charge is 2.74. The maximum atomic E-state index is 15.5. The van der Waals surface area contributed by atoms with Crippen molar-refractivity contribution < 1.29 is 29.6 Å². The maximum absolute atomic E-state index is 15.5. The van der Waals surface area contributed by atoms with Crippen LogP contribution >= 0.6 is 0 Å². The second-order valence-corrected chi connectivity index (χ2v) is 26.0. The Morgan fingerprint density at radius 2 is 1.57 bits per heavy atom. The first-order valence-electron chi connectivity index (χ1n) is 28.3. The SMILES string of the molecule is CNCc1cc(O)cc(C2CC3(C4CCCCC4)C(C(NCC(C)O)CC4(C)C3CCC3=C(C(CC(O)C5OC5(C)C5CCCC5c5cccc(N)c5)C5CCCCC5)C(=O)CC34C)C(C)(C)C2=O)c1. The molecule has 7 fully saturated rings. The van der Waals surface area contributed by atoms with Gasteiger partial charge in [0.05, 0.1) is 17.8 Å². The number of benzene rings is 2. The van der Waals surface area contributed by atoms with Gasteiger partial charge in [-0.2, -0.15) is 0 Å². The fourth-order valence-corrected chi connectivity index (χ4v) is 18.9. The van der Waals surface area contributed by atoms with Crippen molar-refractivity contribution in [1.82, 2.24) is 10.6 Å². The Kier molecular flexibility index (Phi) is 13.7. The van der Waals surface area contributed by atoms with E-state index in [9.17, 15) is 15.3 Å². The number of aliphatic hydroxyl groups is 2. The molecule has 9 heteroatoms. The highest BCUT2D eigenvalue weighted by Crippen LogP contribution is 2.77. The van der Waals surface area contributed by atoms with Gasteiger partial charge in [-0.25, -0.2) is 0 Å². The number of carbonyl (C=O) groups excluding carboxylic acids is 2. The largest absolute Gasteiger partial charge is 0.508 e. The number of hydrogen-bond acceptors (Lipinski definition) is 9. The standard InChI is InChI=1S/C61H89N3O6/c1-36(65)34-64-49-32-59(5)52(61(41-19-12-9-13-20-41)31-46(55(69)57(2,3)54(49)61)40-26-37(35-63-7)27-43(66)29-40)25-24-48-53(51(68)33-58(48,59)4)45(38-16-10-8-11-17-38)30-50(67)56-60(6,70-56)47-23-15-22-44(47)39-18-14-21-42(62)28-39/h14,18,21,26-29,36,38,41,44-47,49-50,52,54,56,63-67H,8-13,15-17,19-20,22-25,30-35,62H2,1-7H3. The molecule has 2 aromatic rings. The first-order valence-corrected chi connectivity index (χ1v) is 28.3. The minimum absolute atomic E-state index is 0.0116. The number of Topliss-reactive ketones (excluding diaryl/α,β-unsaturated/α-hetero) is 2. The Morgan fingerprint density at radius 3 is 2.27 bits per heavy atom. The Morgan fingerprint density at radius 1 is 0.843 bits per heavy atom. The third-order valence-corrected chi connectivity index (χ3v) is 21.8. The molecule has 1 aliphatic heterocycles. The molecular weight excluding hydrogens is 871 g/mol. The Hall–Kier alpha value is -3.08. The number of phenols is 1. The van der Waals surface area contributed by atoms with Crippen LogP contribution in [0.3, 0.4) is 0 Å². The lowest BCUT2D eigenvalue weighted by molar-refractivity contribution is -0.222. The Labute approximate surface area is 420 Å². The number of epoxide rings is 1. The van der Waals surface area contributed by atoms with E-state index < -0.39 is 28.6 Å². The van der Waals surface area contributed by atoms with Gasteiger partial charge in [-0.3, -0.25) is 9.59 Å². The third-order valence-electron chi connectivity index (χ3n) is 21.8. The number of phenolic OH excluding ortho intramolecular Hbond substituents is 1. The number of nitrogen functional groups attached to an aromatic ring is 1. The fraction of sp³-hybridized carbons (Fsp3) is 0.738. The number of aromatic hydroxyl groups is 1. The van der Waals surface area contributed by atoms with Crippen LogP contribution in [0, 0.1) is 57.2 Å². The third kappa shape index (κ3) is 8.29. The van der Waals surface area contributed by atoms with Crippen LogP contribution in [0.4, 0.5) is 5.69 Å². The summed E-state index contributed by atoms with van der Waals surface area (Å²) < 4.78 is 6.74. The van der Waals surface area contributed by atoms with Gasteiger partial charge < -0.3 is 36.4 Å². The molecule has 10 rings (SSSR count). The van der Waals surface area contributed by atoms with E-state index in [4.69, 9.17) is 10.5 Å². The molecular formula is C61H89N3O6. The zero-order valence-corrected chi connectivity index (χ0v) is 44.0. The summed E-state index contributed by atoms with van der Waals surface area (Å²) in [7, 11) is 1.92. The van der Waals surface area contributed by atoms with E-state index in [2.05, 4.69) is 69.5 Å². The predicted octanol–water partition coefficient (Wildman–Crippen LogP) is 11.1. The van der Waals surface area contributed by atoms with E-state index in [0.717, 1.165) is 93.0 Å². The Balaban J connectivity index is 1.05. The van der Waals surface area contributed by atoms with Crippen LogP contribution in [0.2, 0.25) is 0 Å². The van der Waals surface area contributed by atoms with Crippen LogP contribution in [0.1, 0.15) is 192 Å². The number of rotatable bonds is 14. The van der Waals surface area contributed by atoms with E-state index in [1.165, 1.54) is 49.7 Å². The average Bonchev–Trinajstić information content (AvgIpc) is 3.62. The summed E-state index contributed by atoms with van der Waals surface area (Å²) in [4.78, 5) is 31.0. The first-order chi connectivity index (χ1) is 33.4. The zero-order valence-electron chi connectivity index (χ0n) is 44.0. The molecule has 14 atom stereocenters. The van der Waals surface area contributed by atoms with Crippen molar-refractivity contribution >= 4 is 17.3 Å². The number of fused-ring (bicyclic) bond motifs is 5. The lowest BCUT2D eigenvalue weighted by Crippen LogP contribution is -2.72. The van der Waals surface area contributed by atoms with E-state index in [1.807, 2.05) is 32.2 Å². The lowest BCUT2D eigenvalue weighted by Gasteiger charge is -2.73. The van der Waals surface area contributed by atoms with Crippen molar-refractivity contribution in [2.75, 3.05) is 19.3 Å². The molecule has 0 radical (unpaired) electrons. The number of allylic oxidation sites excluding steroid dienone is 2. The van der Waals surface area contributed by atoms with Gasteiger partial charge in [0.15, 0.2) is 5.78 Å². The lowest BCUT2D eigenvalue weighted by atomic mass is 9.31. The summed E-state index contributed by atoms with van der Waals surface area (Å²) in [5, 5.41) is 42.0. The van der Waals surface area contributed by atoms with Gasteiger partial charge in [-0.05, 0) is 190 Å². The highest BCUT2D eigenvalue weighted by atomic mass is 16.6. The number of carbonyl (C=O) groups is 2. The predicted molar refractivity (Wildman–Crippen MR) is 278 cm³/mol. The molecule has 384 valence electrons. The van der Waals surface area contributed by atoms with Crippen molar-refractivity contribution in [3.8, 4) is 5.75 Å². The molecule has 6 saturated carbocycles. The second-order valence-electron chi connectivity index (χ2n) is 26.0. The van der Waals surface area contributed by atoms with E-state index in [-0.39, 0.29) is 58.2 Å². The van der Waals surface area contributed by atoms with E-state index >= 15 is 9.59 Å². The summed E-state index contributed by atoms with van der Waals surface area (Å²) in [6.07, 6.45) is 18.0.